The summed E-state index contributed by atoms with van der Waals surface area (Å²) in [6.45, 7) is 8.07. The Morgan fingerprint density at radius 2 is 2.00 bits per heavy atom. The van der Waals surface area contributed by atoms with Gasteiger partial charge >= 0.3 is 0 Å². The summed E-state index contributed by atoms with van der Waals surface area (Å²) in [4.78, 5) is 14.2. The Bertz CT molecular complexity index is 718. The number of rotatable bonds is 5. The fraction of sp³-hybridized carbons (Fsp3) is 0.421. The monoisotopic (exact) mass is 364 g/mol. The molecular formula is C19H25ClN2O3. The van der Waals surface area contributed by atoms with Crippen molar-refractivity contribution in [1.29, 1.82) is 0 Å². The fourth-order valence-electron chi connectivity index (χ4n) is 2.43. The number of phenolic OH excluding ortho intramolecular Hbond substituents is 1. The van der Waals surface area contributed by atoms with Crippen LogP contribution in [0.25, 0.3) is 0 Å². The van der Waals surface area contributed by atoms with E-state index in [4.69, 9.17) is 11.6 Å². The minimum atomic E-state index is -0.879. The van der Waals surface area contributed by atoms with Crippen molar-refractivity contribution >= 4 is 17.5 Å². The second-order valence-corrected chi connectivity index (χ2v) is 7.68. The van der Waals surface area contributed by atoms with Crippen molar-refractivity contribution in [2.75, 3.05) is 6.54 Å². The lowest BCUT2D eigenvalue weighted by Crippen LogP contribution is -2.56. The third kappa shape index (κ3) is 4.55. The summed E-state index contributed by atoms with van der Waals surface area (Å²) >= 11 is 5.90. The molecule has 0 fully saturated rings. The van der Waals surface area contributed by atoms with Crippen LogP contribution in [0.15, 0.2) is 42.2 Å². The predicted molar refractivity (Wildman–Crippen MR) is 99.3 cm³/mol. The Balaban J connectivity index is 1.98. The van der Waals surface area contributed by atoms with Crippen LogP contribution < -0.4 is 5.32 Å². The first-order chi connectivity index (χ1) is 11.5. The van der Waals surface area contributed by atoms with E-state index in [-0.39, 0.29) is 18.1 Å². The second-order valence-electron chi connectivity index (χ2n) is 7.24. The van der Waals surface area contributed by atoms with Crippen LogP contribution in [0.1, 0.15) is 33.3 Å². The fourth-order valence-corrected chi connectivity index (χ4v) is 2.62. The molecule has 0 atom stereocenters. The SMILES string of the molecule is CC(C)(O)C(C)(C)N1C=CC(NC(=O)Cc2cc(Cl)ccc2O)=CC1. The molecule has 1 aromatic carbocycles. The van der Waals surface area contributed by atoms with Gasteiger partial charge in [-0.25, -0.2) is 0 Å². The summed E-state index contributed by atoms with van der Waals surface area (Å²) in [6, 6.07) is 4.63. The Labute approximate surface area is 153 Å². The summed E-state index contributed by atoms with van der Waals surface area (Å²) in [5.74, 6) is -0.186. The number of halogens is 1. The molecule has 1 heterocycles. The van der Waals surface area contributed by atoms with Crippen LogP contribution in [0.2, 0.25) is 5.02 Å². The first kappa shape index (κ1) is 19.3. The van der Waals surface area contributed by atoms with E-state index in [2.05, 4.69) is 5.32 Å². The van der Waals surface area contributed by atoms with Crippen molar-refractivity contribution in [3.05, 3.63) is 52.8 Å². The van der Waals surface area contributed by atoms with Crippen molar-refractivity contribution < 1.29 is 15.0 Å². The number of hydrogen-bond acceptors (Lipinski definition) is 4. The number of allylic oxidation sites excluding steroid dienone is 1. The molecule has 0 saturated heterocycles. The van der Waals surface area contributed by atoms with Crippen LogP contribution in [0, 0.1) is 0 Å². The maximum absolute atomic E-state index is 12.2. The standard InChI is InChI=1S/C19H25ClN2O3/c1-18(2,19(3,4)25)22-9-7-15(8-10-22)21-17(24)12-13-11-14(20)5-6-16(13)23/h5-9,11,23,25H,10,12H2,1-4H3,(H,21,24). The largest absolute Gasteiger partial charge is 0.508 e. The average molecular weight is 365 g/mol. The van der Waals surface area contributed by atoms with Crippen molar-refractivity contribution in [3.8, 4) is 5.75 Å². The molecule has 6 heteroatoms. The molecule has 1 amide bonds. The molecule has 0 aliphatic carbocycles. The van der Waals surface area contributed by atoms with Crippen molar-refractivity contribution in [2.24, 2.45) is 0 Å². The molecule has 1 aromatic rings. The van der Waals surface area contributed by atoms with Gasteiger partial charge in [0, 0.05) is 29.0 Å². The van der Waals surface area contributed by atoms with Gasteiger partial charge in [-0.15, -0.1) is 0 Å². The first-order valence-corrected chi connectivity index (χ1v) is 8.53. The highest BCUT2D eigenvalue weighted by molar-refractivity contribution is 6.30. The van der Waals surface area contributed by atoms with Gasteiger partial charge in [0.1, 0.15) is 5.75 Å². The lowest BCUT2D eigenvalue weighted by Gasteiger charge is -2.46. The van der Waals surface area contributed by atoms with E-state index in [1.54, 1.807) is 32.1 Å². The maximum atomic E-state index is 12.2. The Morgan fingerprint density at radius 3 is 2.56 bits per heavy atom. The van der Waals surface area contributed by atoms with Crippen LogP contribution in [-0.4, -0.2) is 38.7 Å². The lowest BCUT2D eigenvalue weighted by atomic mass is 9.84. The van der Waals surface area contributed by atoms with E-state index in [1.165, 1.54) is 6.07 Å². The van der Waals surface area contributed by atoms with Gasteiger partial charge < -0.3 is 20.4 Å². The third-order valence-electron chi connectivity index (χ3n) is 4.83. The Kier molecular flexibility index (Phi) is 5.49. The van der Waals surface area contributed by atoms with Crippen molar-refractivity contribution in [3.63, 3.8) is 0 Å². The predicted octanol–water partition coefficient (Wildman–Crippen LogP) is 2.97. The van der Waals surface area contributed by atoms with E-state index in [0.29, 0.717) is 22.8 Å². The van der Waals surface area contributed by atoms with Gasteiger partial charge in [-0.2, -0.15) is 0 Å². The zero-order valence-electron chi connectivity index (χ0n) is 15.0. The normalized spacial score (nSPS) is 15.1. The lowest BCUT2D eigenvalue weighted by molar-refractivity contribution is -0.119. The third-order valence-corrected chi connectivity index (χ3v) is 5.07. The molecule has 0 bridgehead atoms. The number of nitrogens with zero attached hydrogens (tertiary/aromatic N) is 1. The van der Waals surface area contributed by atoms with Gasteiger partial charge in [0.25, 0.3) is 0 Å². The number of hydrogen-bond donors (Lipinski definition) is 3. The number of benzene rings is 1. The molecule has 0 spiro atoms. The molecule has 5 nitrogen and oxygen atoms in total. The topological polar surface area (TPSA) is 72.8 Å². The summed E-state index contributed by atoms with van der Waals surface area (Å²) in [6.07, 6.45) is 5.59. The second kappa shape index (κ2) is 7.10. The number of aromatic hydroxyl groups is 1. The van der Waals surface area contributed by atoms with Crippen LogP contribution in [0.4, 0.5) is 0 Å². The molecule has 2 rings (SSSR count). The van der Waals surface area contributed by atoms with E-state index in [0.717, 1.165) is 0 Å². The molecule has 25 heavy (non-hydrogen) atoms. The molecule has 3 N–H and O–H groups in total. The van der Waals surface area contributed by atoms with Gasteiger partial charge in [-0.3, -0.25) is 4.79 Å². The van der Waals surface area contributed by atoms with E-state index in [1.807, 2.05) is 31.0 Å². The van der Waals surface area contributed by atoms with Crippen LogP contribution in [0.3, 0.4) is 0 Å². The van der Waals surface area contributed by atoms with Crippen molar-refractivity contribution in [2.45, 2.75) is 45.3 Å². The molecule has 0 radical (unpaired) electrons. The molecule has 136 valence electrons. The summed E-state index contributed by atoms with van der Waals surface area (Å²) in [7, 11) is 0. The molecule has 1 aliphatic heterocycles. The highest BCUT2D eigenvalue weighted by Gasteiger charge is 2.39. The Hall–Kier alpha value is -1.98. The first-order valence-electron chi connectivity index (χ1n) is 8.15. The quantitative estimate of drug-likeness (QED) is 0.751. The molecule has 0 aromatic heterocycles. The number of carbonyl (C=O) groups excluding carboxylic acids is 1. The summed E-state index contributed by atoms with van der Waals surface area (Å²) in [5, 5.41) is 23.4. The molecular weight excluding hydrogens is 340 g/mol. The van der Waals surface area contributed by atoms with Gasteiger partial charge in [0.05, 0.1) is 17.6 Å². The zero-order valence-corrected chi connectivity index (χ0v) is 15.8. The number of amides is 1. The number of carbonyl (C=O) groups is 1. The molecule has 0 saturated carbocycles. The van der Waals surface area contributed by atoms with Crippen LogP contribution in [0.5, 0.6) is 5.75 Å². The Morgan fingerprint density at radius 1 is 1.32 bits per heavy atom. The van der Waals surface area contributed by atoms with Gasteiger partial charge in [-0.05, 0) is 58.0 Å². The van der Waals surface area contributed by atoms with Crippen LogP contribution in [-0.2, 0) is 11.2 Å². The maximum Gasteiger partial charge on any atom is 0.228 e. The van der Waals surface area contributed by atoms with Gasteiger partial charge in [0.15, 0.2) is 0 Å². The van der Waals surface area contributed by atoms with Gasteiger partial charge in [0.2, 0.25) is 5.91 Å². The van der Waals surface area contributed by atoms with E-state index >= 15 is 0 Å². The smallest absolute Gasteiger partial charge is 0.228 e. The average Bonchev–Trinajstić information content (AvgIpc) is 2.50. The van der Waals surface area contributed by atoms with E-state index < -0.39 is 11.1 Å². The summed E-state index contributed by atoms with van der Waals surface area (Å²) < 4.78 is 0. The van der Waals surface area contributed by atoms with Gasteiger partial charge in [-0.1, -0.05) is 11.6 Å². The number of aliphatic hydroxyl groups is 1. The van der Waals surface area contributed by atoms with Crippen LogP contribution >= 0.6 is 11.6 Å². The zero-order chi connectivity index (χ0) is 18.8. The molecule has 0 unspecified atom stereocenters. The highest BCUT2D eigenvalue weighted by Crippen LogP contribution is 2.29. The number of phenols is 1. The highest BCUT2D eigenvalue weighted by atomic mass is 35.5. The minimum Gasteiger partial charge on any atom is -0.508 e. The molecule has 1 aliphatic rings. The summed E-state index contributed by atoms with van der Waals surface area (Å²) in [5.41, 5.74) is -0.164. The minimum absolute atomic E-state index is 0.0381. The van der Waals surface area contributed by atoms with E-state index in [9.17, 15) is 15.0 Å². The van der Waals surface area contributed by atoms with Crippen molar-refractivity contribution in [1.82, 2.24) is 10.2 Å². The number of nitrogens with one attached hydrogen (secondary N) is 1.